The third kappa shape index (κ3) is 1.85. The predicted molar refractivity (Wildman–Crippen MR) is 63.9 cm³/mol. The molecule has 0 amide bonds. The summed E-state index contributed by atoms with van der Waals surface area (Å²) in [7, 11) is 0. The number of rotatable bonds is 2. The first-order valence-corrected chi connectivity index (χ1v) is 5.70. The number of nitrogens with two attached hydrogens (primary N) is 1. The predicted octanol–water partition coefficient (Wildman–Crippen LogP) is 2.66. The summed E-state index contributed by atoms with van der Waals surface area (Å²) in [4.78, 5) is 8.62. The van der Waals surface area contributed by atoms with E-state index in [1.807, 2.05) is 19.2 Å². The highest BCUT2D eigenvalue weighted by molar-refractivity contribution is 7.16. The molecule has 0 aromatic carbocycles. The number of hydrogen-bond acceptors (Lipinski definition) is 4. The van der Waals surface area contributed by atoms with E-state index in [-0.39, 0.29) is 0 Å². The van der Waals surface area contributed by atoms with E-state index >= 15 is 0 Å². The summed E-state index contributed by atoms with van der Waals surface area (Å²) in [5.41, 5.74) is 9.01. The molecule has 0 aliphatic carbocycles. The molecule has 0 atom stereocenters. The Morgan fingerprint density at radius 3 is 2.87 bits per heavy atom. The molecule has 3 nitrogen and oxygen atoms in total. The van der Waals surface area contributed by atoms with Crippen LogP contribution in [0.1, 0.15) is 17.5 Å². The Labute approximate surface area is 93.0 Å². The minimum Gasteiger partial charge on any atom is -0.389 e. The molecule has 2 aromatic rings. The number of nitrogens with zero attached hydrogens (tertiary/aromatic N) is 2. The third-order valence-electron chi connectivity index (χ3n) is 2.29. The van der Waals surface area contributed by atoms with Gasteiger partial charge in [-0.1, -0.05) is 6.92 Å². The van der Waals surface area contributed by atoms with Gasteiger partial charge in [0.05, 0.1) is 5.01 Å². The van der Waals surface area contributed by atoms with Crippen LogP contribution in [0.25, 0.3) is 11.3 Å². The maximum atomic E-state index is 5.95. The van der Waals surface area contributed by atoms with Gasteiger partial charge in [-0.25, -0.2) is 4.98 Å². The zero-order valence-electron chi connectivity index (χ0n) is 8.82. The Bertz CT molecular complexity index is 476. The highest BCUT2D eigenvalue weighted by Crippen LogP contribution is 2.31. The molecule has 0 radical (unpaired) electrons. The standard InChI is InChI=1S/C11H13N3S/c1-3-9-14-10(11(12)15-9)8-6-13-5-4-7(8)2/h4-6H,3,12H2,1-2H3. The Morgan fingerprint density at radius 2 is 2.27 bits per heavy atom. The van der Waals surface area contributed by atoms with E-state index in [0.29, 0.717) is 0 Å². The molecule has 0 spiro atoms. The molecule has 0 aliphatic rings. The molecule has 2 rings (SSSR count). The van der Waals surface area contributed by atoms with E-state index in [9.17, 15) is 0 Å². The van der Waals surface area contributed by atoms with Gasteiger partial charge in [-0.15, -0.1) is 11.3 Å². The molecule has 2 heterocycles. The van der Waals surface area contributed by atoms with Gasteiger partial charge >= 0.3 is 0 Å². The maximum Gasteiger partial charge on any atom is 0.114 e. The van der Waals surface area contributed by atoms with E-state index in [2.05, 4.69) is 16.9 Å². The summed E-state index contributed by atoms with van der Waals surface area (Å²) in [5, 5.41) is 1.86. The molecule has 0 fully saturated rings. The van der Waals surface area contributed by atoms with E-state index in [0.717, 1.165) is 33.3 Å². The van der Waals surface area contributed by atoms with Crippen molar-refractivity contribution < 1.29 is 0 Å². The van der Waals surface area contributed by atoms with Gasteiger partial charge in [-0.3, -0.25) is 4.98 Å². The number of aromatic nitrogens is 2. The minimum atomic E-state index is 0.781. The van der Waals surface area contributed by atoms with Crippen molar-refractivity contribution in [2.45, 2.75) is 20.3 Å². The third-order valence-corrected chi connectivity index (χ3v) is 3.32. The highest BCUT2D eigenvalue weighted by atomic mass is 32.1. The van der Waals surface area contributed by atoms with E-state index in [1.54, 1.807) is 17.5 Å². The highest BCUT2D eigenvalue weighted by Gasteiger charge is 2.11. The van der Waals surface area contributed by atoms with Gasteiger partial charge in [0.1, 0.15) is 10.7 Å². The zero-order valence-corrected chi connectivity index (χ0v) is 9.64. The van der Waals surface area contributed by atoms with Crippen molar-refractivity contribution in [1.29, 1.82) is 0 Å². The van der Waals surface area contributed by atoms with Crippen LogP contribution >= 0.6 is 11.3 Å². The fourth-order valence-corrected chi connectivity index (χ4v) is 2.22. The van der Waals surface area contributed by atoms with Crippen molar-refractivity contribution >= 4 is 16.3 Å². The fourth-order valence-electron chi connectivity index (χ4n) is 1.43. The molecule has 2 N–H and O–H groups in total. The molecule has 0 aliphatic heterocycles. The van der Waals surface area contributed by atoms with Crippen LogP contribution in [0.4, 0.5) is 5.00 Å². The van der Waals surface area contributed by atoms with Crippen LogP contribution in [0.5, 0.6) is 0 Å². The molecule has 0 saturated heterocycles. The number of nitrogen functional groups attached to an aromatic ring is 1. The van der Waals surface area contributed by atoms with Crippen molar-refractivity contribution in [3.05, 3.63) is 29.0 Å². The summed E-state index contributed by atoms with van der Waals surface area (Å²) >= 11 is 1.56. The van der Waals surface area contributed by atoms with Crippen LogP contribution in [-0.2, 0) is 6.42 Å². The van der Waals surface area contributed by atoms with E-state index in [4.69, 9.17) is 5.73 Å². The fraction of sp³-hybridized carbons (Fsp3) is 0.273. The molecular weight excluding hydrogens is 206 g/mol. The average molecular weight is 219 g/mol. The first-order valence-electron chi connectivity index (χ1n) is 4.88. The molecule has 15 heavy (non-hydrogen) atoms. The Kier molecular flexibility index (Phi) is 2.68. The molecule has 0 bridgehead atoms. The van der Waals surface area contributed by atoms with Crippen LogP contribution in [0.15, 0.2) is 18.5 Å². The second-order valence-corrected chi connectivity index (χ2v) is 4.48. The van der Waals surface area contributed by atoms with Gasteiger partial charge in [0, 0.05) is 18.0 Å². The van der Waals surface area contributed by atoms with Crippen molar-refractivity contribution in [2.24, 2.45) is 0 Å². The van der Waals surface area contributed by atoms with Crippen LogP contribution in [0.3, 0.4) is 0 Å². The smallest absolute Gasteiger partial charge is 0.114 e. The lowest BCUT2D eigenvalue weighted by molar-refractivity contribution is 1.09. The lowest BCUT2D eigenvalue weighted by atomic mass is 10.1. The van der Waals surface area contributed by atoms with Gasteiger partial charge in [0.2, 0.25) is 0 Å². The van der Waals surface area contributed by atoms with Gasteiger partial charge in [-0.05, 0) is 25.0 Å². The number of pyridine rings is 1. The van der Waals surface area contributed by atoms with Gasteiger partial charge in [-0.2, -0.15) is 0 Å². The quantitative estimate of drug-likeness (QED) is 0.844. The molecule has 0 unspecified atom stereocenters. The van der Waals surface area contributed by atoms with Crippen LogP contribution in [-0.4, -0.2) is 9.97 Å². The van der Waals surface area contributed by atoms with Crippen LogP contribution in [0, 0.1) is 6.92 Å². The summed E-state index contributed by atoms with van der Waals surface area (Å²) in [5.74, 6) is 0. The second kappa shape index (κ2) is 3.98. The first kappa shape index (κ1) is 10.1. The lowest BCUT2D eigenvalue weighted by Crippen LogP contribution is -1.90. The van der Waals surface area contributed by atoms with Crippen molar-refractivity contribution in [1.82, 2.24) is 9.97 Å². The number of hydrogen-bond donors (Lipinski definition) is 1. The topological polar surface area (TPSA) is 51.8 Å². The summed E-state index contributed by atoms with van der Waals surface area (Å²) < 4.78 is 0. The lowest BCUT2D eigenvalue weighted by Gasteiger charge is -2.01. The van der Waals surface area contributed by atoms with Crippen LogP contribution in [0.2, 0.25) is 0 Å². The summed E-state index contributed by atoms with van der Waals surface area (Å²) in [6, 6.07) is 1.97. The molecule has 0 saturated carbocycles. The van der Waals surface area contributed by atoms with Gasteiger partial charge in [0.15, 0.2) is 0 Å². The van der Waals surface area contributed by atoms with Gasteiger partial charge in [0.25, 0.3) is 0 Å². The second-order valence-electron chi connectivity index (χ2n) is 3.36. The molecule has 78 valence electrons. The van der Waals surface area contributed by atoms with Crippen molar-refractivity contribution in [2.75, 3.05) is 5.73 Å². The SMILES string of the molecule is CCc1nc(-c2cnccc2C)c(N)s1. The van der Waals surface area contributed by atoms with Gasteiger partial charge < -0.3 is 5.73 Å². The molecule has 2 aromatic heterocycles. The monoisotopic (exact) mass is 219 g/mol. The van der Waals surface area contributed by atoms with E-state index < -0.39 is 0 Å². The Balaban J connectivity index is 2.54. The van der Waals surface area contributed by atoms with Crippen molar-refractivity contribution in [3.63, 3.8) is 0 Å². The normalized spacial score (nSPS) is 10.5. The van der Waals surface area contributed by atoms with Crippen LogP contribution < -0.4 is 5.73 Å². The Morgan fingerprint density at radius 1 is 1.47 bits per heavy atom. The zero-order chi connectivity index (χ0) is 10.8. The number of aryl methyl sites for hydroxylation is 2. The van der Waals surface area contributed by atoms with E-state index in [1.165, 1.54) is 0 Å². The summed E-state index contributed by atoms with van der Waals surface area (Å²) in [6.45, 7) is 4.12. The molecular formula is C11H13N3S. The summed E-state index contributed by atoms with van der Waals surface area (Å²) in [6.07, 6.45) is 4.52. The largest absolute Gasteiger partial charge is 0.389 e. The Hall–Kier alpha value is -1.42. The average Bonchev–Trinajstić information content (AvgIpc) is 2.60. The first-order chi connectivity index (χ1) is 7.22. The minimum absolute atomic E-state index is 0.781. The maximum absolute atomic E-state index is 5.95. The number of thiazole rings is 1. The van der Waals surface area contributed by atoms with Crippen molar-refractivity contribution in [3.8, 4) is 11.3 Å². The molecule has 4 heteroatoms. The number of anilines is 1.